The van der Waals surface area contributed by atoms with Crippen molar-refractivity contribution in [2.75, 3.05) is 29.0 Å². The van der Waals surface area contributed by atoms with Gasteiger partial charge in [0.2, 0.25) is 0 Å². The van der Waals surface area contributed by atoms with Gasteiger partial charge in [-0.3, -0.25) is 14.8 Å². The van der Waals surface area contributed by atoms with Gasteiger partial charge in [-0.15, -0.1) is 0 Å². The highest BCUT2D eigenvalue weighted by molar-refractivity contribution is 7.92. The Hall–Kier alpha value is -4.25. The summed E-state index contributed by atoms with van der Waals surface area (Å²) in [6.45, 7) is 0. The Kier molecular flexibility index (Phi) is 5.80. The number of para-hydroxylation sites is 2. The van der Waals surface area contributed by atoms with Crippen LogP contribution in [0.3, 0.4) is 0 Å². The van der Waals surface area contributed by atoms with Crippen LogP contribution in [-0.2, 0) is 10.0 Å². The van der Waals surface area contributed by atoms with E-state index in [9.17, 15) is 18.5 Å². The minimum absolute atomic E-state index is 0.00214. The molecule has 0 unspecified atom stereocenters. The molecule has 1 aromatic heterocycles. The zero-order chi connectivity index (χ0) is 23.6. The fourth-order valence-electron chi connectivity index (χ4n) is 3.09. The molecular weight excluding hydrogens is 444 g/mol. The molecule has 0 fully saturated rings. The van der Waals surface area contributed by atoms with Crippen LogP contribution < -0.4 is 14.9 Å². The van der Waals surface area contributed by atoms with E-state index in [1.807, 2.05) is 49.3 Å². The third-order valence-corrected chi connectivity index (χ3v) is 6.14. The molecule has 11 heteroatoms. The maximum atomic E-state index is 13.0. The fourth-order valence-corrected chi connectivity index (χ4v) is 4.10. The minimum Gasteiger partial charge on any atom is -0.378 e. The lowest BCUT2D eigenvalue weighted by atomic mass is 10.2. The highest BCUT2D eigenvalue weighted by Gasteiger charge is 2.20. The second-order valence-corrected chi connectivity index (χ2v) is 9.02. The molecule has 0 radical (unpaired) electrons. The van der Waals surface area contributed by atoms with Crippen molar-refractivity contribution in [3.05, 3.63) is 82.9 Å². The molecule has 0 aliphatic rings. The Morgan fingerprint density at radius 1 is 0.879 bits per heavy atom. The summed E-state index contributed by atoms with van der Waals surface area (Å²) in [7, 11) is -0.253. The SMILES string of the molecule is CN(C)c1cccc(Nc2nc3ccccc3nc2NS(=O)(=O)c2ccc([N+](=O)[O-])cc2)c1. The van der Waals surface area contributed by atoms with E-state index in [1.165, 1.54) is 12.1 Å². The lowest BCUT2D eigenvalue weighted by Gasteiger charge is -2.16. The molecule has 0 bridgehead atoms. The average molecular weight is 465 g/mol. The summed E-state index contributed by atoms with van der Waals surface area (Å²) < 4.78 is 28.4. The summed E-state index contributed by atoms with van der Waals surface area (Å²) in [6, 6.07) is 19.2. The molecule has 0 aliphatic carbocycles. The minimum atomic E-state index is -4.08. The molecule has 0 aliphatic heterocycles. The summed E-state index contributed by atoms with van der Waals surface area (Å²) in [6.07, 6.45) is 0. The van der Waals surface area contributed by atoms with Crippen molar-refractivity contribution in [1.29, 1.82) is 0 Å². The van der Waals surface area contributed by atoms with Gasteiger partial charge < -0.3 is 10.2 Å². The van der Waals surface area contributed by atoms with Crippen LogP contribution in [0, 0.1) is 10.1 Å². The molecule has 0 amide bonds. The Labute approximate surface area is 190 Å². The first kappa shape index (κ1) is 22.0. The van der Waals surface area contributed by atoms with Gasteiger partial charge in [-0.2, -0.15) is 0 Å². The van der Waals surface area contributed by atoms with E-state index in [2.05, 4.69) is 20.0 Å². The first-order valence-electron chi connectivity index (χ1n) is 9.81. The number of nitro groups is 1. The number of benzene rings is 3. The number of hydrogen-bond donors (Lipinski definition) is 2. The lowest BCUT2D eigenvalue weighted by Crippen LogP contribution is -2.16. The predicted octanol–water partition coefficient (Wildman–Crippen LogP) is 4.15. The van der Waals surface area contributed by atoms with Crippen molar-refractivity contribution in [3.8, 4) is 0 Å². The molecule has 168 valence electrons. The maximum Gasteiger partial charge on any atom is 0.269 e. The van der Waals surface area contributed by atoms with Gasteiger partial charge in [0.05, 0.1) is 20.9 Å². The van der Waals surface area contributed by atoms with Gasteiger partial charge in [-0.1, -0.05) is 18.2 Å². The number of rotatable bonds is 7. The molecule has 4 rings (SSSR count). The molecule has 3 aromatic carbocycles. The molecule has 0 atom stereocenters. The van der Waals surface area contributed by atoms with Crippen LogP contribution in [0.2, 0.25) is 0 Å². The van der Waals surface area contributed by atoms with E-state index in [1.54, 1.807) is 18.2 Å². The van der Waals surface area contributed by atoms with Gasteiger partial charge in [0.15, 0.2) is 11.6 Å². The molecular formula is C22H20N6O4S. The van der Waals surface area contributed by atoms with Gasteiger partial charge in [-0.05, 0) is 42.5 Å². The number of non-ortho nitro benzene ring substituents is 1. The Bertz CT molecular complexity index is 1440. The number of sulfonamides is 1. The Balaban J connectivity index is 1.74. The molecule has 2 N–H and O–H groups in total. The number of anilines is 4. The van der Waals surface area contributed by atoms with Crippen molar-refractivity contribution >= 4 is 49.8 Å². The first-order chi connectivity index (χ1) is 15.7. The molecule has 4 aromatic rings. The van der Waals surface area contributed by atoms with Crippen LogP contribution in [0.25, 0.3) is 11.0 Å². The van der Waals surface area contributed by atoms with E-state index in [0.29, 0.717) is 16.7 Å². The highest BCUT2D eigenvalue weighted by atomic mass is 32.2. The number of nitro benzene ring substituents is 1. The van der Waals surface area contributed by atoms with E-state index in [-0.39, 0.29) is 22.2 Å². The van der Waals surface area contributed by atoms with Gasteiger partial charge in [0, 0.05) is 37.6 Å². The van der Waals surface area contributed by atoms with Crippen molar-refractivity contribution in [3.63, 3.8) is 0 Å². The molecule has 33 heavy (non-hydrogen) atoms. The van der Waals surface area contributed by atoms with Gasteiger partial charge in [-0.25, -0.2) is 18.4 Å². The second-order valence-electron chi connectivity index (χ2n) is 7.34. The van der Waals surface area contributed by atoms with E-state index < -0.39 is 14.9 Å². The van der Waals surface area contributed by atoms with E-state index in [0.717, 1.165) is 17.8 Å². The number of fused-ring (bicyclic) bond motifs is 1. The summed E-state index contributed by atoms with van der Waals surface area (Å²) in [5.41, 5.74) is 2.53. The summed E-state index contributed by atoms with van der Waals surface area (Å²) in [5.74, 6) is 0.220. The van der Waals surface area contributed by atoms with Crippen LogP contribution in [0.4, 0.5) is 28.7 Å². The third-order valence-electron chi connectivity index (χ3n) is 4.78. The lowest BCUT2D eigenvalue weighted by molar-refractivity contribution is -0.384. The van der Waals surface area contributed by atoms with E-state index in [4.69, 9.17) is 0 Å². The number of hydrogen-bond acceptors (Lipinski definition) is 8. The Morgan fingerprint density at radius 3 is 2.12 bits per heavy atom. The van der Waals surface area contributed by atoms with E-state index >= 15 is 0 Å². The van der Waals surface area contributed by atoms with Gasteiger partial charge in [0.1, 0.15) is 0 Å². The molecule has 10 nitrogen and oxygen atoms in total. The van der Waals surface area contributed by atoms with Crippen LogP contribution in [-0.4, -0.2) is 37.4 Å². The van der Waals surface area contributed by atoms with Crippen LogP contribution in [0.1, 0.15) is 0 Å². The van der Waals surface area contributed by atoms with Crippen LogP contribution in [0.5, 0.6) is 0 Å². The number of nitrogens with zero attached hydrogens (tertiary/aromatic N) is 4. The smallest absolute Gasteiger partial charge is 0.269 e. The maximum absolute atomic E-state index is 13.0. The van der Waals surface area contributed by atoms with Crippen molar-refractivity contribution < 1.29 is 13.3 Å². The summed E-state index contributed by atoms with van der Waals surface area (Å²) in [5, 5.41) is 14.0. The quantitative estimate of drug-likeness (QED) is 0.308. The summed E-state index contributed by atoms with van der Waals surface area (Å²) in [4.78, 5) is 21.1. The van der Waals surface area contributed by atoms with Crippen LogP contribution in [0.15, 0.2) is 77.7 Å². The summed E-state index contributed by atoms with van der Waals surface area (Å²) >= 11 is 0. The molecule has 0 saturated heterocycles. The standard InChI is InChI=1S/C22H20N6O4S/c1-27(2)17-7-5-6-15(14-17)23-21-22(25-20-9-4-3-8-19(20)24-21)26-33(31,32)18-12-10-16(11-13-18)28(29)30/h3-14H,1-2H3,(H,23,24)(H,25,26). The van der Waals surface area contributed by atoms with Crippen molar-refractivity contribution in [2.24, 2.45) is 0 Å². The number of aromatic nitrogens is 2. The normalized spacial score (nSPS) is 11.2. The average Bonchev–Trinajstić information content (AvgIpc) is 2.79. The van der Waals surface area contributed by atoms with Crippen LogP contribution >= 0.6 is 0 Å². The molecule has 0 saturated carbocycles. The fraction of sp³-hybridized carbons (Fsp3) is 0.0909. The largest absolute Gasteiger partial charge is 0.378 e. The van der Waals surface area contributed by atoms with Gasteiger partial charge >= 0.3 is 0 Å². The zero-order valence-corrected chi connectivity index (χ0v) is 18.6. The predicted molar refractivity (Wildman–Crippen MR) is 127 cm³/mol. The van der Waals surface area contributed by atoms with Crippen molar-refractivity contribution in [1.82, 2.24) is 9.97 Å². The molecule has 0 spiro atoms. The Morgan fingerprint density at radius 2 is 1.52 bits per heavy atom. The second kappa shape index (κ2) is 8.71. The topological polar surface area (TPSA) is 130 Å². The zero-order valence-electron chi connectivity index (χ0n) is 17.8. The van der Waals surface area contributed by atoms with Gasteiger partial charge in [0.25, 0.3) is 15.7 Å². The third kappa shape index (κ3) is 4.83. The monoisotopic (exact) mass is 464 g/mol. The molecule has 1 heterocycles. The first-order valence-corrected chi connectivity index (χ1v) is 11.3. The number of nitrogens with one attached hydrogen (secondary N) is 2. The highest BCUT2D eigenvalue weighted by Crippen LogP contribution is 2.28. The van der Waals surface area contributed by atoms with Crippen molar-refractivity contribution in [2.45, 2.75) is 4.90 Å².